The van der Waals surface area contributed by atoms with Gasteiger partial charge < -0.3 is 5.11 Å². The van der Waals surface area contributed by atoms with E-state index in [-0.39, 0.29) is 5.88 Å². The largest absolute Gasteiger partial charge is 0.494 e. The van der Waals surface area contributed by atoms with Crippen molar-refractivity contribution in [3.05, 3.63) is 12.5 Å². The Bertz CT molecular complexity index is 89.7. The van der Waals surface area contributed by atoms with Gasteiger partial charge in [0.15, 0.2) is 5.88 Å². The summed E-state index contributed by atoms with van der Waals surface area (Å²) in [6.45, 7) is 6.31. The lowest BCUT2D eigenvalue weighted by atomic mass is 10.9. The molecule has 0 amide bonds. The first-order chi connectivity index (χ1) is 3.18. The summed E-state index contributed by atoms with van der Waals surface area (Å²) in [5.74, 6) is -0.102. The summed E-state index contributed by atoms with van der Waals surface area (Å²) in [5, 5.41) is 12.9. The smallest absolute Gasteiger partial charge is 0.199 e. The average Bonchev–Trinajstić information content (AvgIpc) is 1.65. The fourth-order valence-corrected chi connectivity index (χ4v) is 0.0816. The van der Waals surface area contributed by atoms with Crippen molar-refractivity contribution in [3.8, 4) is 0 Å². The quantitative estimate of drug-likeness (QED) is 0.312. The van der Waals surface area contributed by atoms with E-state index in [0.29, 0.717) is 0 Å². The van der Waals surface area contributed by atoms with Gasteiger partial charge in [0.05, 0.1) is 0 Å². The molecule has 0 atom stereocenters. The van der Waals surface area contributed by atoms with Crippen LogP contribution in [0.1, 0.15) is 0 Å². The first-order valence-electron chi connectivity index (χ1n) is 1.76. The highest BCUT2D eigenvalue weighted by atomic mass is 16.3. The monoisotopic (exact) mass is 100 g/mol. The predicted octanol–water partition coefficient (Wildman–Crippen LogP) is 0.563. The van der Waals surface area contributed by atoms with Gasteiger partial charge in [-0.1, -0.05) is 0 Å². The number of hydrogen-bond acceptors (Lipinski definition) is 3. The van der Waals surface area contributed by atoms with Crippen molar-refractivity contribution in [2.45, 2.75) is 0 Å². The number of hydrogen-bond donors (Lipinski definition) is 1. The maximum Gasteiger partial charge on any atom is 0.199 e. The zero-order valence-electron chi connectivity index (χ0n) is 4.26. The molecule has 0 unspecified atom stereocenters. The van der Waals surface area contributed by atoms with Gasteiger partial charge in [0.1, 0.15) is 0 Å². The number of aliphatic hydroxyl groups excluding tert-OH is 1. The lowest BCUT2D eigenvalue weighted by Crippen LogP contribution is -2.06. The van der Waals surface area contributed by atoms with Gasteiger partial charge in [-0.25, -0.2) is 5.01 Å². The summed E-state index contributed by atoms with van der Waals surface area (Å²) in [6.07, 6.45) is 0. The molecule has 0 aromatic rings. The van der Waals surface area contributed by atoms with Crippen LogP contribution >= 0.6 is 0 Å². The van der Waals surface area contributed by atoms with E-state index in [1.807, 2.05) is 0 Å². The third-order valence-electron chi connectivity index (χ3n) is 0.586. The van der Waals surface area contributed by atoms with Crippen molar-refractivity contribution in [2.75, 3.05) is 7.05 Å². The van der Waals surface area contributed by atoms with Gasteiger partial charge in [0, 0.05) is 13.8 Å². The van der Waals surface area contributed by atoms with Crippen molar-refractivity contribution in [1.29, 1.82) is 0 Å². The summed E-state index contributed by atoms with van der Waals surface area (Å²) >= 11 is 0. The van der Waals surface area contributed by atoms with Crippen LogP contribution in [-0.4, -0.2) is 23.9 Å². The normalized spacial score (nSPS) is 7.57. The van der Waals surface area contributed by atoms with Crippen LogP contribution in [0.15, 0.2) is 17.6 Å². The van der Waals surface area contributed by atoms with Crippen molar-refractivity contribution in [1.82, 2.24) is 5.01 Å². The highest BCUT2D eigenvalue weighted by Gasteiger charge is 1.88. The second kappa shape index (κ2) is 2.23. The van der Waals surface area contributed by atoms with Crippen LogP contribution in [0.2, 0.25) is 0 Å². The first kappa shape index (κ1) is 6.01. The Morgan fingerprint density at radius 2 is 2.29 bits per heavy atom. The zero-order valence-corrected chi connectivity index (χ0v) is 4.26. The van der Waals surface area contributed by atoms with Crippen molar-refractivity contribution < 1.29 is 5.11 Å². The van der Waals surface area contributed by atoms with Gasteiger partial charge in [-0.05, 0) is 6.58 Å². The van der Waals surface area contributed by atoms with Crippen LogP contribution in [0, 0.1) is 0 Å². The van der Waals surface area contributed by atoms with E-state index in [9.17, 15) is 0 Å². The highest BCUT2D eigenvalue weighted by molar-refractivity contribution is 5.22. The Morgan fingerprint density at radius 3 is 2.29 bits per heavy atom. The molecule has 0 saturated carbocycles. The van der Waals surface area contributed by atoms with Crippen molar-refractivity contribution >= 4 is 6.72 Å². The zero-order chi connectivity index (χ0) is 5.86. The Labute approximate surface area is 42.6 Å². The summed E-state index contributed by atoms with van der Waals surface area (Å²) in [7, 11) is 1.55. The third kappa shape index (κ3) is 1.81. The predicted molar refractivity (Wildman–Crippen MR) is 29.1 cm³/mol. The van der Waals surface area contributed by atoms with E-state index in [2.05, 4.69) is 18.4 Å². The van der Waals surface area contributed by atoms with E-state index >= 15 is 0 Å². The SMILES string of the molecule is C=NN(C)C(=C)O. The molecular weight excluding hydrogens is 92.1 g/mol. The molecule has 0 aromatic heterocycles. The first-order valence-corrected chi connectivity index (χ1v) is 1.76. The van der Waals surface area contributed by atoms with Crippen molar-refractivity contribution in [3.63, 3.8) is 0 Å². The molecule has 0 aliphatic carbocycles. The molecular formula is C4H8N2O. The van der Waals surface area contributed by atoms with Gasteiger partial charge in [-0.3, -0.25) is 0 Å². The van der Waals surface area contributed by atoms with Crippen LogP contribution < -0.4 is 0 Å². The molecule has 0 aliphatic heterocycles. The van der Waals surface area contributed by atoms with Crippen LogP contribution in [0.3, 0.4) is 0 Å². The number of hydrazone groups is 1. The fraction of sp³-hybridized carbons (Fsp3) is 0.250. The van der Waals surface area contributed by atoms with Gasteiger partial charge >= 0.3 is 0 Å². The number of aliphatic hydroxyl groups is 1. The molecule has 0 aliphatic rings. The van der Waals surface area contributed by atoms with Crippen molar-refractivity contribution in [2.24, 2.45) is 5.10 Å². The minimum absolute atomic E-state index is 0.102. The Balaban J connectivity index is 3.55. The van der Waals surface area contributed by atoms with Crippen LogP contribution in [0.4, 0.5) is 0 Å². The lowest BCUT2D eigenvalue weighted by molar-refractivity contribution is 0.244. The fourth-order valence-electron chi connectivity index (χ4n) is 0.0816. The standard InChI is InChI=1S/C4H8N2O/c1-4(7)6(3)5-2/h7H,1-2H2,3H3. The number of nitrogens with zero attached hydrogens (tertiary/aromatic N) is 2. The summed E-state index contributed by atoms with van der Waals surface area (Å²) < 4.78 is 0. The molecule has 40 valence electrons. The molecule has 7 heavy (non-hydrogen) atoms. The average molecular weight is 100 g/mol. The molecule has 0 rings (SSSR count). The maximum atomic E-state index is 8.42. The molecule has 0 saturated heterocycles. The van der Waals surface area contributed by atoms with Crippen LogP contribution in [-0.2, 0) is 0 Å². The number of rotatable bonds is 2. The maximum absolute atomic E-state index is 8.42. The van der Waals surface area contributed by atoms with Gasteiger partial charge in [0.2, 0.25) is 0 Å². The second-order valence-electron chi connectivity index (χ2n) is 1.08. The molecule has 0 fully saturated rings. The molecule has 0 bridgehead atoms. The Morgan fingerprint density at radius 1 is 1.86 bits per heavy atom. The summed E-state index contributed by atoms with van der Waals surface area (Å²) in [6, 6.07) is 0. The van der Waals surface area contributed by atoms with E-state index < -0.39 is 0 Å². The van der Waals surface area contributed by atoms with E-state index in [1.165, 1.54) is 5.01 Å². The van der Waals surface area contributed by atoms with E-state index in [0.717, 1.165) is 0 Å². The van der Waals surface area contributed by atoms with Crippen LogP contribution in [0.25, 0.3) is 0 Å². The molecule has 0 spiro atoms. The molecule has 0 aromatic carbocycles. The van der Waals surface area contributed by atoms with Gasteiger partial charge in [0.25, 0.3) is 0 Å². The molecule has 0 heterocycles. The lowest BCUT2D eigenvalue weighted by Gasteiger charge is -2.06. The summed E-state index contributed by atoms with van der Waals surface area (Å²) in [4.78, 5) is 0. The highest BCUT2D eigenvalue weighted by Crippen LogP contribution is 1.88. The van der Waals surface area contributed by atoms with Crippen LogP contribution in [0.5, 0.6) is 0 Å². The molecule has 1 N–H and O–H groups in total. The second-order valence-corrected chi connectivity index (χ2v) is 1.08. The third-order valence-corrected chi connectivity index (χ3v) is 0.586. The molecule has 0 radical (unpaired) electrons. The van der Waals surface area contributed by atoms with Gasteiger partial charge in [-0.15, -0.1) is 0 Å². The molecule has 3 nitrogen and oxygen atoms in total. The molecule has 3 heteroatoms. The topological polar surface area (TPSA) is 35.8 Å². The Hall–Kier alpha value is -0.990. The van der Waals surface area contributed by atoms with E-state index in [1.54, 1.807) is 7.05 Å². The van der Waals surface area contributed by atoms with E-state index in [4.69, 9.17) is 5.11 Å². The minimum Gasteiger partial charge on any atom is -0.494 e. The Kier molecular flexibility index (Phi) is 1.91. The summed E-state index contributed by atoms with van der Waals surface area (Å²) in [5.41, 5.74) is 0. The van der Waals surface area contributed by atoms with Gasteiger partial charge in [-0.2, -0.15) is 5.10 Å². The minimum atomic E-state index is -0.102.